The van der Waals surface area contributed by atoms with Crippen LogP contribution < -0.4 is 17.2 Å². The van der Waals surface area contributed by atoms with Gasteiger partial charge in [0.1, 0.15) is 13.1 Å². The Morgan fingerprint density at radius 3 is 2.11 bits per heavy atom. The third-order valence-corrected chi connectivity index (χ3v) is 2.54. The number of aryl methyl sites for hydroxylation is 1. The fourth-order valence-corrected chi connectivity index (χ4v) is 1.61. The largest absolute Gasteiger partial charge is 0.398 e. The van der Waals surface area contributed by atoms with Crippen LogP contribution in [0.15, 0.2) is 18.2 Å². The van der Waals surface area contributed by atoms with Gasteiger partial charge in [-0.1, -0.05) is 12.1 Å². The summed E-state index contributed by atoms with van der Waals surface area (Å²) in [5.41, 5.74) is 17.1. The van der Waals surface area contributed by atoms with E-state index in [1.165, 1.54) is 6.07 Å². The minimum atomic E-state index is -0.735. The molecule has 0 aliphatic carbocycles. The van der Waals surface area contributed by atoms with Crippen molar-refractivity contribution in [3.8, 4) is 0 Å². The molecule has 19 heavy (non-hydrogen) atoms. The van der Waals surface area contributed by atoms with E-state index in [0.29, 0.717) is 5.69 Å². The number of nitrogens with zero attached hydrogens (tertiary/aromatic N) is 1. The Balaban J connectivity index is 3.07. The van der Waals surface area contributed by atoms with Crippen LogP contribution in [0.1, 0.15) is 15.9 Å². The zero-order valence-corrected chi connectivity index (χ0v) is 10.6. The van der Waals surface area contributed by atoms with Gasteiger partial charge in [0.05, 0.1) is 5.56 Å². The van der Waals surface area contributed by atoms with Crippen molar-refractivity contribution in [2.45, 2.75) is 6.92 Å². The average molecular weight is 264 g/mol. The summed E-state index contributed by atoms with van der Waals surface area (Å²) in [5.74, 6) is -2.03. The Morgan fingerprint density at radius 2 is 1.63 bits per heavy atom. The highest BCUT2D eigenvalue weighted by molar-refractivity contribution is 6.02. The van der Waals surface area contributed by atoms with Crippen molar-refractivity contribution in [1.29, 1.82) is 0 Å². The Morgan fingerprint density at radius 1 is 1.11 bits per heavy atom. The molecule has 1 aromatic carbocycles. The van der Waals surface area contributed by atoms with Crippen LogP contribution in [0.2, 0.25) is 0 Å². The van der Waals surface area contributed by atoms with Crippen molar-refractivity contribution < 1.29 is 14.4 Å². The van der Waals surface area contributed by atoms with Crippen LogP contribution in [-0.4, -0.2) is 35.7 Å². The van der Waals surface area contributed by atoms with Crippen LogP contribution in [0.3, 0.4) is 0 Å². The molecular formula is C12H16N4O3. The third kappa shape index (κ3) is 3.70. The molecule has 1 rings (SSSR count). The van der Waals surface area contributed by atoms with Crippen molar-refractivity contribution in [3.05, 3.63) is 29.3 Å². The van der Waals surface area contributed by atoms with Crippen molar-refractivity contribution in [2.24, 2.45) is 11.5 Å². The number of hydrogen-bond donors (Lipinski definition) is 3. The molecule has 0 spiro atoms. The smallest absolute Gasteiger partial charge is 0.256 e. The highest BCUT2D eigenvalue weighted by Gasteiger charge is 2.21. The van der Waals surface area contributed by atoms with Gasteiger partial charge in [-0.25, -0.2) is 0 Å². The topological polar surface area (TPSA) is 133 Å². The second kappa shape index (κ2) is 5.85. The number of carbonyl (C=O) groups is 3. The zero-order valence-electron chi connectivity index (χ0n) is 10.6. The van der Waals surface area contributed by atoms with Crippen LogP contribution >= 0.6 is 0 Å². The van der Waals surface area contributed by atoms with Gasteiger partial charge in [-0.05, 0) is 18.6 Å². The summed E-state index contributed by atoms with van der Waals surface area (Å²) >= 11 is 0. The summed E-state index contributed by atoms with van der Waals surface area (Å²) in [6.45, 7) is 0.961. The van der Waals surface area contributed by atoms with E-state index in [0.717, 1.165) is 10.5 Å². The second-order valence-electron chi connectivity index (χ2n) is 4.13. The first kappa shape index (κ1) is 14.5. The summed E-state index contributed by atoms with van der Waals surface area (Å²) in [6.07, 6.45) is 0. The van der Waals surface area contributed by atoms with Gasteiger partial charge in [-0.2, -0.15) is 0 Å². The van der Waals surface area contributed by atoms with Crippen LogP contribution in [-0.2, 0) is 9.59 Å². The monoisotopic (exact) mass is 264 g/mol. The van der Waals surface area contributed by atoms with Crippen molar-refractivity contribution in [2.75, 3.05) is 18.8 Å². The Hall–Kier alpha value is -2.57. The summed E-state index contributed by atoms with van der Waals surface area (Å²) in [4.78, 5) is 35.0. The van der Waals surface area contributed by atoms with E-state index in [2.05, 4.69) is 0 Å². The molecule has 6 N–H and O–H groups in total. The van der Waals surface area contributed by atoms with Gasteiger partial charge >= 0.3 is 0 Å². The van der Waals surface area contributed by atoms with Crippen molar-refractivity contribution in [3.63, 3.8) is 0 Å². The van der Waals surface area contributed by atoms with E-state index >= 15 is 0 Å². The molecular weight excluding hydrogens is 248 g/mol. The number of anilines is 1. The Bertz CT molecular complexity index is 512. The van der Waals surface area contributed by atoms with Gasteiger partial charge in [0.2, 0.25) is 11.8 Å². The Kier molecular flexibility index (Phi) is 4.46. The SMILES string of the molecule is Cc1cccc(C(=O)N(CC(N)=O)CC(N)=O)c1N. The number of nitrogen functional groups attached to an aromatic ring is 1. The molecule has 0 aliphatic heterocycles. The predicted molar refractivity (Wildman–Crippen MR) is 69.9 cm³/mol. The maximum absolute atomic E-state index is 12.2. The molecule has 0 aromatic heterocycles. The molecule has 7 heteroatoms. The van der Waals surface area contributed by atoms with Gasteiger partial charge < -0.3 is 22.1 Å². The number of nitrogens with two attached hydrogens (primary N) is 3. The fourth-order valence-electron chi connectivity index (χ4n) is 1.61. The fraction of sp³-hybridized carbons (Fsp3) is 0.250. The maximum Gasteiger partial charge on any atom is 0.256 e. The molecule has 0 saturated heterocycles. The number of amides is 3. The lowest BCUT2D eigenvalue weighted by atomic mass is 10.1. The molecule has 0 saturated carbocycles. The number of benzene rings is 1. The molecule has 1 aromatic rings. The van der Waals surface area contributed by atoms with E-state index in [9.17, 15) is 14.4 Å². The van der Waals surface area contributed by atoms with Gasteiger partial charge in [0, 0.05) is 5.69 Å². The normalized spacial score (nSPS) is 9.95. The molecule has 7 nitrogen and oxygen atoms in total. The van der Waals surface area contributed by atoms with Crippen molar-refractivity contribution >= 4 is 23.4 Å². The Labute approximate surface area is 110 Å². The molecule has 0 heterocycles. The van der Waals surface area contributed by atoms with Crippen LogP contribution in [0, 0.1) is 6.92 Å². The minimum Gasteiger partial charge on any atom is -0.398 e. The molecule has 0 radical (unpaired) electrons. The summed E-state index contributed by atoms with van der Waals surface area (Å²) in [7, 11) is 0. The predicted octanol–water partition coefficient (Wildman–Crippen LogP) is -1.01. The number of para-hydroxylation sites is 1. The molecule has 0 unspecified atom stereocenters. The van der Waals surface area contributed by atoms with E-state index in [-0.39, 0.29) is 5.56 Å². The number of rotatable bonds is 5. The summed E-state index contributed by atoms with van der Waals surface area (Å²) in [6, 6.07) is 4.92. The van der Waals surface area contributed by atoms with E-state index in [4.69, 9.17) is 17.2 Å². The number of carbonyl (C=O) groups excluding carboxylic acids is 3. The van der Waals surface area contributed by atoms with Crippen molar-refractivity contribution in [1.82, 2.24) is 4.90 Å². The van der Waals surface area contributed by atoms with Gasteiger partial charge in [-0.3, -0.25) is 14.4 Å². The second-order valence-corrected chi connectivity index (χ2v) is 4.13. The van der Waals surface area contributed by atoms with E-state index in [1.54, 1.807) is 19.1 Å². The number of hydrogen-bond acceptors (Lipinski definition) is 4. The van der Waals surface area contributed by atoms with E-state index in [1.807, 2.05) is 0 Å². The first-order valence-electron chi connectivity index (χ1n) is 5.54. The quantitative estimate of drug-likeness (QED) is 0.587. The summed E-state index contributed by atoms with van der Waals surface area (Å²) in [5, 5.41) is 0. The standard InChI is InChI=1S/C12H16N4O3/c1-7-3-2-4-8(11(7)15)12(19)16(5-9(13)17)6-10(14)18/h2-4H,5-6,15H2,1H3,(H2,13,17)(H2,14,18). The van der Waals surface area contributed by atoms with Gasteiger partial charge in [0.15, 0.2) is 0 Å². The summed E-state index contributed by atoms with van der Waals surface area (Å²) < 4.78 is 0. The van der Waals surface area contributed by atoms with Crippen LogP contribution in [0.25, 0.3) is 0 Å². The lowest BCUT2D eigenvalue weighted by Gasteiger charge is -2.20. The zero-order chi connectivity index (χ0) is 14.6. The van der Waals surface area contributed by atoms with Gasteiger partial charge in [-0.15, -0.1) is 0 Å². The molecule has 0 atom stereocenters. The third-order valence-electron chi connectivity index (χ3n) is 2.54. The lowest BCUT2D eigenvalue weighted by Crippen LogP contribution is -2.43. The highest BCUT2D eigenvalue weighted by atomic mass is 16.2. The number of primary amides is 2. The minimum absolute atomic E-state index is 0.211. The van der Waals surface area contributed by atoms with E-state index < -0.39 is 30.8 Å². The van der Waals surface area contributed by atoms with Gasteiger partial charge in [0.25, 0.3) is 5.91 Å². The average Bonchev–Trinajstić information content (AvgIpc) is 2.30. The molecule has 0 aliphatic rings. The lowest BCUT2D eigenvalue weighted by molar-refractivity contribution is -0.121. The first-order chi connectivity index (χ1) is 8.82. The maximum atomic E-state index is 12.2. The highest BCUT2D eigenvalue weighted by Crippen LogP contribution is 2.18. The molecule has 102 valence electrons. The molecule has 3 amide bonds. The molecule has 0 fully saturated rings. The van der Waals surface area contributed by atoms with Crippen LogP contribution in [0.5, 0.6) is 0 Å². The first-order valence-corrected chi connectivity index (χ1v) is 5.54. The van der Waals surface area contributed by atoms with Crippen LogP contribution in [0.4, 0.5) is 5.69 Å². The molecule has 0 bridgehead atoms.